The lowest BCUT2D eigenvalue weighted by atomic mass is 9.67. The number of sulfone groups is 1. The highest BCUT2D eigenvalue weighted by Gasteiger charge is 2.58. The molecule has 2 atom stereocenters. The fraction of sp³-hybridized carbons (Fsp3) is 0.579. The summed E-state index contributed by atoms with van der Waals surface area (Å²) in [5.74, 6) is -0.118. The Kier molecular flexibility index (Phi) is 5.10. The van der Waals surface area contributed by atoms with Gasteiger partial charge in [-0.05, 0) is 43.2 Å². The highest BCUT2D eigenvalue weighted by atomic mass is 32.2. The molecule has 1 spiro atoms. The highest BCUT2D eigenvalue weighted by molar-refractivity contribution is 7.91. The summed E-state index contributed by atoms with van der Waals surface area (Å²) in [5, 5.41) is 2.94. The standard InChI is InChI=1S/C19H26N2O4S/c1-14-8-6-9-15(2)19(14)17(22)21(18(23)20-19)12-7-13-26(24,25)16-10-4-3-5-11-16/h3-5,10-11,14-15H,6-9,12-13H2,1-2H3,(H,20,23)/t14-,15-/m1/s1. The van der Waals surface area contributed by atoms with Gasteiger partial charge in [-0.25, -0.2) is 13.2 Å². The first-order valence-electron chi connectivity index (χ1n) is 9.21. The molecule has 1 N–H and O–H groups in total. The number of carbonyl (C=O) groups excluding carboxylic acids is 2. The fourth-order valence-corrected chi connectivity index (χ4v) is 5.63. The van der Waals surface area contributed by atoms with E-state index < -0.39 is 21.4 Å². The molecule has 1 aromatic carbocycles. The molecular formula is C19H26N2O4S. The molecular weight excluding hydrogens is 352 g/mol. The first kappa shape index (κ1) is 18.9. The number of nitrogens with one attached hydrogen (secondary N) is 1. The molecule has 1 saturated heterocycles. The zero-order valence-electron chi connectivity index (χ0n) is 15.3. The second-order valence-corrected chi connectivity index (χ2v) is 9.58. The van der Waals surface area contributed by atoms with Crippen LogP contribution in [0.15, 0.2) is 35.2 Å². The van der Waals surface area contributed by atoms with E-state index in [-0.39, 0.29) is 41.4 Å². The number of carbonyl (C=O) groups is 2. The summed E-state index contributed by atoms with van der Waals surface area (Å²) in [5.41, 5.74) is -0.826. The molecule has 0 unspecified atom stereocenters. The molecule has 6 nitrogen and oxygen atoms in total. The maximum absolute atomic E-state index is 13.0. The Morgan fingerprint density at radius 1 is 1.12 bits per heavy atom. The normalized spacial score (nSPS) is 25.5. The van der Waals surface area contributed by atoms with Crippen molar-refractivity contribution in [3.8, 4) is 0 Å². The Morgan fingerprint density at radius 3 is 2.35 bits per heavy atom. The SMILES string of the molecule is C[C@@H]1CCC[C@@H](C)C12NC(=O)N(CCCS(=O)(=O)c1ccccc1)C2=O. The number of benzene rings is 1. The molecule has 0 aromatic heterocycles. The van der Waals surface area contributed by atoms with Crippen molar-refractivity contribution in [1.29, 1.82) is 0 Å². The van der Waals surface area contributed by atoms with E-state index in [9.17, 15) is 18.0 Å². The largest absolute Gasteiger partial charge is 0.325 e. The molecule has 0 radical (unpaired) electrons. The predicted octanol–water partition coefficient (Wildman–Crippen LogP) is 2.60. The van der Waals surface area contributed by atoms with Crippen molar-refractivity contribution in [2.75, 3.05) is 12.3 Å². The zero-order valence-corrected chi connectivity index (χ0v) is 16.1. The summed E-state index contributed by atoms with van der Waals surface area (Å²) < 4.78 is 24.7. The number of imide groups is 1. The quantitative estimate of drug-likeness (QED) is 0.798. The molecule has 3 rings (SSSR count). The molecule has 0 bridgehead atoms. The van der Waals surface area contributed by atoms with Crippen LogP contribution < -0.4 is 5.32 Å². The first-order valence-corrected chi connectivity index (χ1v) is 10.9. The van der Waals surface area contributed by atoms with E-state index in [4.69, 9.17) is 0 Å². The molecule has 1 aliphatic carbocycles. The molecule has 1 saturated carbocycles. The van der Waals surface area contributed by atoms with Gasteiger partial charge in [-0.15, -0.1) is 0 Å². The maximum atomic E-state index is 13.0. The van der Waals surface area contributed by atoms with Gasteiger partial charge in [0.15, 0.2) is 9.84 Å². The lowest BCUT2D eigenvalue weighted by molar-refractivity contribution is -0.136. The van der Waals surface area contributed by atoms with Crippen LogP contribution in [0.1, 0.15) is 39.5 Å². The van der Waals surface area contributed by atoms with Crippen molar-refractivity contribution in [2.45, 2.75) is 50.0 Å². The van der Waals surface area contributed by atoms with Crippen LogP contribution in [0, 0.1) is 11.8 Å². The van der Waals surface area contributed by atoms with E-state index in [0.29, 0.717) is 0 Å². The predicted molar refractivity (Wildman–Crippen MR) is 98.3 cm³/mol. The molecule has 1 aliphatic heterocycles. The zero-order chi connectivity index (χ0) is 18.9. The highest BCUT2D eigenvalue weighted by Crippen LogP contribution is 2.42. The maximum Gasteiger partial charge on any atom is 0.325 e. The summed E-state index contributed by atoms with van der Waals surface area (Å²) in [7, 11) is -3.41. The Hall–Kier alpha value is -1.89. The van der Waals surface area contributed by atoms with Crippen molar-refractivity contribution in [2.24, 2.45) is 11.8 Å². The molecule has 2 aliphatic rings. The third-order valence-electron chi connectivity index (χ3n) is 5.88. The van der Waals surface area contributed by atoms with Crippen molar-refractivity contribution >= 4 is 21.8 Å². The summed E-state index contributed by atoms with van der Waals surface area (Å²) in [6.07, 6.45) is 3.11. The van der Waals surface area contributed by atoms with Gasteiger partial charge in [-0.3, -0.25) is 9.69 Å². The van der Waals surface area contributed by atoms with Gasteiger partial charge in [-0.2, -0.15) is 0 Å². The van der Waals surface area contributed by atoms with Gasteiger partial charge >= 0.3 is 6.03 Å². The Morgan fingerprint density at radius 2 is 1.73 bits per heavy atom. The van der Waals surface area contributed by atoms with Crippen LogP contribution in [0.25, 0.3) is 0 Å². The summed E-state index contributed by atoms with van der Waals surface area (Å²) in [6, 6.07) is 7.85. The molecule has 3 amide bonds. The fourth-order valence-electron chi connectivity index (χ4n) is 4.31. The third kappa shape index (κ3) is 3.13. The monoisotopic (exact) mass is 378 g/mol. The number of nitrogens with zero attached hydrogens (tertiary/aromatic N) is 1. The van der Waals surface area contributed by atoms with Crippen LogP contribution in [0.5, 0.6) is 0 Å². The number of urea groups is 1. The van der Waals surface area contributed by atoms with Crippen LogP contribution in [-0.2, 0) is 14.6 Å². The molecule has 1 aromatic rings. The van der Waals surface area contributed by atoms with Gasteiger partial charge in [0.1, 0.15) is 5.54 Å². The molecule has 26 heavy (non-hydrogen) atoms. The van der Waals surface area contributed by atoms with Crippen molar-refractivity contribution < 1.29 is 18.0 Å². The minimum Gasteiger partial charge on any atom is -0.323 e. The molecule has 7 heteroatoms. The van der Waals surface area contributed by atoms with Gasteiger partial charge in [0, 0.05) is 6.54 Å². The van der Waals surface area contributed by atoms with Crippen LogP contribution in [0.3, 0.4) is 0 Å². The average molecular weight is 378 g/mol. The number of rotatable bonds is 5. The van der Waals surface area contributed by atoms with Gasteiger partial charge in [0.05, 0.1) is 10.6 Å². The average Bonchev–Trinajstić information content (AvgIpc) is 2.86. The number of hydrogen-bond donors (Lipinski definition) is 1. The second kappa shape index (κ2) is 7.02. The van der Waals surface area contributed by atoms with E-state index in [1.165, 1.54) is 4.90 Å². The molecule has 1 heterocycles. The number of amides is 3. The minimum absolute atomic E-state index is 0.0840. The van der Waals surface area contributed by atoms with Crippen molar-refractivity contribution in [3.05, 3.63) is 30.3 Å². The first-order chi connectivity index (χ1) is 12.3. The van der Waals surface area contributed by atoms with E-state index in [2.05, 4.69) is 5.32 Å². The van der Waals surface area contributed by atoms with Crippen molar-refractivity contribution in [3.63, 3.8) is 0 Å². The lowest BCUT2D eigenvalue weighted by Gasteiger charge is -2.42. The Balaban J connectivity index is 1.67. The lowest BCUT2D eigenvalue weighted by Crippen LogP contribution is -2.58. The third-order valence-corrected chi connectivity index (χ3v) is 7.70. The van der Waals surface area contributed by atoms with Crippen molar-refractivity contribution in [1.82, 2.24) is 10.2 Å². The van der Waals surface area contributed by atoms with Crippen LogP contribution in [-0.4, -0.2) is 43.1 Å². The Bertz CT molecular complexity index is 781. The van der Waals surface area contributed by atoms with E-state index >= 15 is 0 Å². The van der Waals surface area contributed by atoms with Gasteiger partial charge in [0.25, 0.3) is 5.91 Å². The van der Waals surface area contributed by atoms with E-state index in [1.807, 2.05) is 13.8 Å². The van der Waals surface area contributed by atoms with Crippen LogP contribution in [0.2, 0.25) is 0 Å². The van der Waals surface area contributed by atoms with Crippen LogP contribution in [0.4, 0.5) is 4.79 Å². The summed E-state index contributed by atoms with van der Waals surface area (Å²) >= 11 is 0. The molecule has 142 valence electrons. The summed E-state index contributed by atoms with van der Waals surface area (Å²) in [4.78, 5) is 26.9. The van der Waals surface area contributed by atoms with Gasteiger partial charge < -0.3 is 5.32 Å². The minimum atomic E-state index is -3.41. The Labute approximate surface area is 154 Å². The number of hydrogen-bond acceptors (Lipinski definition) is 4. The van der Waals surface area contributed by atoms with E-state index in [1.54, 1.807) is 30.3 Å². The summed E-state index contributed by atoms with van der Waals surface area (Å²) in [6.45, 7) is 4.15. The van der Waals surface area contributed by atoms with Gasteiger partial charge in [-0.1, -0.05) is 38.5 Å². The topological polar surface area (TPSA) is 83.6 Å². The van der Waals surface area contributed by atoms with Crippen LogP contribution >= 0.6 is 0 Å². The molecule has 2 fully saturated rings. The second-order valence-electron chi connectivity index (χ2n) is 7.47. The van der Waals surface area contributed by atoms with E-state index in [0.717, 1.165) is 19.3 Å². The van der Waals surface area contributed by atoms with Gasteiger partial charge in [0.2, 0.25) is 0 Å². The smallest absolute Gasteiger partial charge is 0.323 e.